The van der Waals surface area contributed by atoms with Crippen molar-refractivity contribution in [2.75, 3.05) is 6.54 Å². The highest BCUT2D eigenvalue weighted by molar-refractivity contribution is 5.94. The van der Waals surface area contributed by atoms with Crippen molar-refractivity contribution in [3.63, 3.8) is 0 Å². The second-order valence-corrected chi connectivity index (χ2v) is 5.54. The third-order valence-electron chi connectivity index (χ3n) is 3.49. The summed E-state index contributed by atoms with van der Waals surface area (Å²) in [6, 6.07) is 5.75. The molecule has 25 heavy (non-hydrogen) atoms. The van der Waals surface area contributed by atoms with E-state index in [1.807, 2.05) is 0 Å². The number of carbonyl (C=O) groups excluding carboxylic acids is 1. The molecule has 6 nitrogen and oxygen atoms in total. The van der Waals surface area contributed by atoms with Crippen LogP contribution in [-0.4, -0.2) is 38.2 Å². The molecular weight excluding hydrogens is 339 g/mol. The van der Waals surface area contributed by atoms with E-state index in [9.17, 15) is 22.8 Å². The van der Waals surface area contributed by atoms with E-state index in [1.54, 1.807) is 14.0 Å². The van der Waals surface area contributed by atoms with E-state index in [-0.39, 0.29) is 12.2 Å². The Bertz CT molecular complexity index is 782. The van der Waals surface area contributed by atoms with Crippen LogP contribution in [0.15, 0.2) is 30.3 Å². The Hall–Kier alpha value is -2.84. The van der Waals surface area contributed by atoms with Crippen LogP contribution in [0.2, 0.25) is 0 Å². The summed E-state index contributed by atoms with van der Waals surface area (Å²) in [6.45, 7) is 0.978. The minimum absolute atomic E-state index is 0.131. The number of rotatable bonds is 5. The molecule has 1 aromatic heterocycles. The Morgan fingerprint density at radius 1 is 1.24 bits per heavy atom. The zero-order chi connectivity index (χ0) is 18.8. The number of aliphatic carboxylic acids is 1. The molecule has 1 amide bonds. The van der Waals surface area contributed by atoms with Crippen molar-refractivity contribution >= 4 is 11.9 Å². The Labute approximate surface area is 141 Å². The molecule has 1 heterocycles. The number of benzene rings is 1. The Morgan fingerprint density at radius 2 is 1.84 bits per heavy atom. The molecule has 0 aliphatic rings. The Morgan fingerprint density at radius 3 is 2.28 bits per heavy atom. The monoisotopic (exact) mass is 355 g/mol. The standard InChI is InChI=1S/C16H16F3N3O3/c1-10-7-13(21(2)20-10)15(25)22(9-14(23)24)8-11-3-5-12(6-4-11)16(17,18)19/h3-7H,8-9H2,1-2H3,(H,23,24). The molecule has 0 spiro atoms. The molecule has 9 heteroatoms. The average Bonchev–Trinajstić information content (AvgIpc) is 2.83. The van der Waals surface area contributed by atoms with Gasteiger partial charge in [-0.25, -0.2) is 0 Å². The SMILES string of the molecule is Cc1cc(C(=O)N(CC(=O)O)Cc2ccc(C(F)(F)F)cc2)n(C)n1. The maximum atomic E-state index is 12.6. The van der Waals surface area contributed by atoms with Gasteiger partial charge < -0.3 is 10.0 Å². The summed E-state index contributed by atoms with van der Waals surface area (Å²) in [7, 11) is 1.55. The van der Waals surface area contributed by atoms with Crippen LogP contribution in [0.1, 0.15) is 27.3 Å². The van der Waals surface area contributed by atoms with Crippen LogP contribution in [0.3, 0.4) is 0 Å². The second-order valence-electron chi connectivity index (χ2n) is 5.54. The number of amides is 1. The molecule has 134 valence electrons. The van der Waals surface area contributed by atoms with Crippen LogP contribution in [0.4, 0.5) is 13.2 Å². The smallest absolute Gasteiger partial charge is 0.416 e. The predicted molar refractivity (Wildman–Crippen MR) is 81.8 cm³/mol. The van der Waals surface area contributed by atoms with Gasteiger partial charge in [0.1, 0.15) is 12.2 Å². The highest BCUT2D eigenvalue weighted by atomic mass is 19.4. The van der Waals surface area contributed by atoms with Crippen LogP contribution in [-0.2, 0) is 24.6 Å². The predicted octanol–water partition coefficient (Wildman–Crippen LogP) is 2.47. The van der Waals surface area contributed by atoms with Crippen molar-refractivity contribution < 1.29 is 27.9 Å². The fraction of sp³-hybridized carbons (Fsp3) is 0.312. The van der Waals surface area contributed by atoms with Crippen molar-refractivity contribution in [1.82, 2.24) is 14.7 Å². The first-order valence-corrected chi connectivity index (χ1v) is 7.26. The van der Waals surface area contributed by atoms with Gasteiger partial charge in [-0.2, -0.15) is 18.3 Å². The first-order valence-electron chi connectivity index (χ1n) is 7.26. The summed E-state index contributed by atoms with van der Waals surface area (Å²) in [6.07, 6.45) is -4.46. The number of hydrogen-bond donors (Lipinski definition) is 1. The lowest BCUT2D eigenvalue weighted by Crippen LogP contribution is -2.36. The second kappa shape index (κ2) is 6.96. The first kappa shape index (κ1) is 18.5. The number of alkyl halides is 3. The van der Waals surface area contributed by atoms with Crippen molar-refractivity contribution in [3.05, 3.63) is 52.8 Å². The molecule has 0 saturated carbocycles. The van der Waals surface area contributed by atoms with Gasteiger partial charge in [-0.15, -0.1) is 0 Å². The molecular formula is C16H16F3N3O3. The molecule has 0 radical (unpaired) electrons. The fourth-order valence-electron chi connectivity index (χ4n) is 2.36. The summed E-state index contributed by atoms with van der Waals surface area (Å²) in [4.78, 5) is 24.7. The van der Waals surface area contributed by atoms with Gasteiger partial charge >= 0.3 is 12.1 Å². The number of carboxylic acid groups (broad SMARTS) is 1. The minimum Gasteiger partial charge on any atom is -0.480 e. The number of carboxylic acids is 1. The van der Waals surface area contributed by atoms with Crippen molar-refractivity contribution in [2.45, 2.75) is 19.6 Å². The molecule has 2 aromatic rings. The highest BCUT2D eigenvalue weighted by Crippen LogP contribution is 2.29. The molecule has 0 fully saturated rings. The summed E-state index contributed by atoms with van der Waals surface area (Å²) < 4.78 is 39.1. The molecule has 0 bridgehead atoms. The van der Waals surface area contributed by atoms with Crippen LogP contribution < -0.4 is 0 Å². The van der Waals surface area contributed by atoms with E-state index < -0.39 is 30.2 Å². The summed E-state index contributed by atoms with van der Waals surface area (Å²) in [5.41, 5.74) is 0.373. The number of aryl methyl sites for hydroxylation is 2. The number of hydrogen-bond acceptors (Lipinski definition) is 3. The number of nitrogens with zero attached hydrogens (tertiary/aromatic N) is 3. The molecule has 1 N–H and O–H groups in total. The summed E-state index contributed by atoms with van der Waals surface area (Å²) >= 11 is 0. The van der Waals surface area contributed by atoms with E-state index in [1.165, 1.54) is 22.9 Å². The number of carbonyl (C=O) groups is 2. The fourth-order valence-corrected chi connectivity index (χ4v) is 2.36. The van der Waals surface area contributed by atoms with E-state index in [0.29, 0.717) is 11.3 Å². The molecule has 2 rings (SSSR count). The quantitative estimate of drug-likeness (QED) is 0.894. The van der Waals surface area contributed by atoms with Crippen molar-refractivity contribution in [2.24, 2.45) is 7.05 Å². The van der Waals surface area contributed by atoms with Crippen molar-refractivity contribution in [3.8, 4) is 0 Å². The van der Waals surface area contributed by atoms with Gasteiger partial charge in [-0.3, -0.25) is 14.3 Å². The lowest BCUT2D eigenvalue weighted by atomic mass is 10.1. The maximum absolute atomic E-state index is 12.6. The minimum atomic E-state index is -4.46. The van der Waals surface area contributed by atoms with Gasteiger partial charge in [-0.1, -0.05) is 12.1 Å². The van der Waals surface area contributed by atoms with Crippen LogP contribution in [0, 0.1) is 6.92 Å². The molecule has 0 aliphatic carbocycles. The van der Waals surface area contributed by atoms with E-state index >= 15 is 0 Å². The van der Waals surface area contributed by atoms with Crippen LogP contribution in [0.5, 0.6) is 0 Å². The van der Waals surface area contributed by atoms with E-state index in [4.69, 9.17) is 5.11 Å². The zero-order valence-electron chi connectivity index (χ0n) is 13.5. The number of halogens is 3. The molecule has 0 aliphatic heterocycles. The highest BCUT2D eigenvalue weighted by Gasteiger charge is 2.30. The summed E-state index contributed by atoms with van der Waals surface area (Å²) in [5, 5.41) is 13.1. The zero-order valence-corrected chi connectivity index (χ0v) is 13.5. The van der Waals surface area contributed by atoms with Crippen LogP contribution in [0.25, 0.3) is 0 Å². The topological polar surface area (TPSA) is 75.4 Å². The van der Waals surface area contributed by atoms with Gasteiger partial charge in [0.05, 0.1) is 11.3 Å². The average molecular weight is 355 g/mol. The van der Waals surface area contributed by atoms with Gasteiger partial charge in [0, 0.05) is 13.6 Å². The third kappa shape index (κ3) is 4.59. The molecule has 0 atom stereocenters. The van der Waals surface area contributed by atoms with E-state index in [2.05, 4.69) is 5.10 Å². The first-order chi connectivity index (χ1) is 11.6. The van der Waals surface area contributed by atoms with Crippen molar-refractivity contribution in [1.29, 1.82) is 0 Å². The third-order valence-corrected chi connectivity index (χ3v) is 3.49. The molecule has 0 saturated heterocycles. The van der Waals surface area contributed by atoms with Gasteiger partial charge in [0.15, 0.2) is 0 Å². The Kier molecular flexibility index (Phi) is 5.15. The Balaban J connectivity index is 2.24. The normalized spacial score (nSPS) is 11.4. The van der Waals surface area contributed by atoms with E-state index in [0.717, 1.165) is 17.0 Å². The van der Waals surface area contributed by atoms with Crippen LogP contribution >= 0.6 is 0 Å². The maximum Gasteiger partial charge on any atom is 0.416 e. The molecule has 0 unspecified atom stereocenters. The lowest BCUT2D eigenvalue weighted by molar-refractivity contribution is -0.138. The van der Waals surface area contributed by atoms with Gasteiger partial charge in [0.25, 0.3) is 5.91 Å². The molecule has 1 aromatic carbocycles. The lowest BCUT2D eigenvalue weighted by Gasteiger charge is -2.21. The van der Waals surface area contributed by atoms with Gasteiger partial charge in [0.2, 0.25) is 0 Å². The number of aromatic nitrogens is 2. The largest absolute Gasteiger partial charge is 0.480 e. The van der Waals surface area contributed by atoms with Gasteiger partial charge in [-0.05, 0) is 30.7 Å². The summed E-state index contributed by atoms with van der Waals surface area (Å²) in [5.74, 6) is -1.79.